The molecule has 1 aromatic carbocycles. The molecule has 164 valence electrons. The predicted octanol–water partition coefficient (Wildman–Crippen LogP) is 1.54. The van der Waals surface area contributed by atoms with Gasteiger partial charge in [0.1, 0.15) is 6.33 Å². The number of hydrogen-bond acceptors (Lipinski definition) is 7. The van der Waals surface area contributed by atoms with Crippen molar-refractivity contribution in [3.63, 3.8) is 0 Å². The number of imidazole rings is 1. The molecule has 2 unspecified atom stereocenters. The van der Waals surface area contributed by atoms with Crippen LogP contribution in [0.15, 0.2) is 41.8 Å². The van der Waals surface area contributed by atoms with Gasteiger partial charge in [-0.05, 0) is 36.5 Å². The van der Waals surface area contributed by atoms with Gasteiger partial charge in [-0.15, -0.1) is 0 Å². The Hall–Kier alpha value is -2.56. The molecule has 0 bridgehead atoms. The number of nitrogens with zero attached hydrogens (tertiary/aromatic N) is 6. The molecular weight excluding hydrogens is 416 g/mol. The van der Waals surface area contributed by atoms with E-state index in [1.807, 2.05) is 17.6 Å². The highest BCUT2D eigenvalue weighted by Crippen LogP contribution is 2.37. The molecule has 2 fully saturated rings. The fourth-order valence-electron chi connectivity index (χ4n) is 4.70. The van der Waals surface area contributed by atoms with Crippen molar-refractivity contribution in [1.82, 2.24) is 23.8 Å². The Morgan fingerprint density at radius 1 is 1.10 bits per heavy atom. The summed E-state index contributed by atoms with van der Waals surface area (Å²) in [5.74, 6) is 1.38. The number of sulfonamides is 1. The molecule has 2 aromatic heterocycles. The van der Waals surface area contributed by atoms with Gasteiger partial charge in [0.15, 0.2) is 17.0 Å². The van der Waals surface area contributed by atoms with Crippen LogP contribution in [0.4, 0.5) is 5.82 Å². The number of aryl methyl sites for hydroxylation is 1. The van der Waals surface area contributed by atoms with E-state index in [9.17, 15) is 8.42 Å². The zero-order valence-electron chi connectivity index (χ0n) is 17.7. The van der Waals surface area contributed by atoms with Crippen LogP contribution in [0.3, 0.4) is 0 Å². The largest absolute Gasteiger partial charge is 0.383 e. The molecule has 0 saturated carbocycles. The minimum Gasteiger partial charge on any atom is -0.383 e. The Kier molecular flexibility index (Phi) is 5.15. The molecule has 0 N–H and O–H groups in total. The van der Waals surface area contributed by atoms with E-state index in [4.69, 9.17) is 4.74 Å². The van der Waals surface area contributed by atoms with Gasteiger partial charge in [0.25, 0.3) is 0 Å². The van der Waals surface area contributed by atoms with Crippen LogP contribution in [0.25, 0.3) is 11.2 Å². The maximum Gasteiger partial charge on any atom is 0.243 e. The van der Waals surface area contributed by atoms with Crippen LogP contribution in [0.2, 0.25) is 0 Å². The molecule has 0 aliphatic carbocycles. The second-order valence-electron chi connectivity index (χ2n) is 8.36. The molecule has 5 rings (SSSR count). The number of rotatable bonds is 6. The van der Waals surface area contributed by atoms with E-state index in [2.05, 4.69) is 19.9 Å². The first kappa shape index (κ1) is 20.3. The summed E-state index contributed by atoms with van der Waals surface area (Å²) < 4.78 is 35.0. The third-order valence-electron chi connectivity index (χ3n) is 6.30. The Morgan fingerprint density at radius 2 is 1.87 bits per heavy atom. The molecule has 0 spiro atoms. The Labute approximate surface area is 181 Å². The maximum absolute atomic E-state index is 13.1. The van der Waals surface area contributed by atoms with Crippen LogP contribution in [-0.2, 0) is 21.3 Å². The molecule has 0 amide bonds. The van der Waals surface area contributed by atoms with Gasteiger partial charge in [-0.25, -0.2) is 23.4 Å². The molecule has 4 heterocycles. The minimum absolute atomic E-state index is 0.278. The number of ether oxygens (including phenoxy) is 1. The summed E-state index contributed by atoms with van der Waals surface area (Å²) >= 11 is 0. The number of methoxy groups -OCH3 is 1. The number of benzene rings is 1. The van der Waals surface area contributed by atoms with Crippen LogP contribution in [-0.4, -0.2) is 72.1 Å². The lowest BCUT2D eigenvalue weighted by molar-refractivity contribution is 0.188. The molecular formula is C21H26N6O3S. The van der Waals surface area contributed by atoms with E-state index in [0.29, 0.717) is 31.1 Å². The topological polar surface area (TPSA) is 93.5 Å². The van der Waals surface area contributed by atoms with Crippen molar-refractivity contribution in [3.8, 4) is 0 Å². The Morgan fingerprint density at radius 3 is 2.58 bits per heavy atom. The van der Waals surface area contributed by atoms with Crippen molar-refractivity contribution in [2.45, 2.75) is 18.4 Å². The van der Waals surface area contributed by atoms with E-state index in [-0.39, 0.29) is 11.8 Å². The van der Waals surface area contributed by atoms with E-state index in [0.717, 1.165) is 35.6 Å². The zero-order valence-corrected chi connectivity index (χ0v) is 18.5. The molecule has 2 aliphatic rings. The van der Waals surface area contributed by atoms with Crippen molar-refractivity contribution < 1.29 is 13.2 Å². The van der Waals surface area contributed by atoms with Crippen LogP contribution in [0, 0.1) is 18.8 Å². The summed E-state index contributed by atoms with van der Waals surface area (Å²) in [6.45, 7) is 5.78. The number of aromatic nitrogens is 4. The third-order valence-corrected chi connectivity index (χ3v) is 8.13. The molecule has 0 radical (unpaired) electrons. The first-order valence-corrected chi connectivity index (χ1v) is 11.9. The van der Waals surface area contributed by atoms with E-state index >= 15 is 0 Å². The number of fused-ring (bicyclic) bond motifs is 2. The van der Waals surface area contributed by atoms with E-state index in [1.54, 1.807) is 42.3 Å². The normalized spacial score (nSPS) is 21.8. The molecule has 2 atom stereocenters. The molecule has 3 aromatic rings. The van der Waals surface area contributed by atoms with Crippen molar-refractivity contribution in [2.24, 2.45) is 11.8 Å². The average Bonchev–Trinajstić information content (AvgIpc) is 3.45. The van der Waals surface area contributed by atoms with Crippen molar-refractivity contribution >= 4 is 27.0 Å². The monoisotopic (exact) mass is 442 g/mol. The first-order chi connectivity index (χ1) is 15.0. The summed E-state index contributed by atoms with van der Waals surface area (Å²) in [4.78, 5) is 16.1. The van der Waals surface area contributed by atoms with Crippen molar-refractivity contribution in [2.75, 3.05) is 44.8 Å². The Balaban J connectivity index is 1.33. The highest BCUT2D eigenvalue weighted by atomic mass is 32.2. The summed E-state index contributed by atoms with van der Waals surface area (Å²) in [7, 11) is -1.79. The zero-order chi connectivity index (χ0) is 21.6. The van der Waals surface area contributed by atoms with Crippen molar-refractivity contribution in [3.05, 3.63) is 42.5 Å². The lowest BCUT2D eigenvalue weighted by Crippen LogP contribution is -2.33. The van der Waals surface area contributed by atoms with Crippen LogP contribution in [0.1, 0.15) is 5.56 Å². The molecule has 10 heteroatoms. The lowest BCUT2D eigenvalue weighted by atomic mass is 10.0. The van der Waals surface area contributed by atoms with Gasteiger partial charge in [0.05, 0.1) is 17.8 Å². The van der Waals surface area contributed by atoms with Gasteiger partial charge in [-0.3, -0.25) is 0 Å². The lowest BCUT2D eigenvalue weighted by Gasteiger charge is -2.22. The second-order valence-corrected chi connectivity index (χ2v) is 10.3. The SMILES string of the molecule is COCCn1cnc2c(N3CC4CN(S(=O)(=O)c5cccc(C)c5)CC4C3)ncnc21. The molecule has 31 heavy (non-hydrogen) atoms. The van der Waals surface area contributed by atoms with E-state index < -0.39 is 10.0 Å². The fraction of sp³-hybridized carbons (Fsp3) is 0.476. The van der Waals surface area contributed by atoms with Gasteiger partial charge in [0, 0.05) is 39.8 Å². The third kappa shape index (κ3) is 3.58. The maximum atomic E-state index is 13.1. The fourth-order valence-corrected chi connectivity index (χ4v) is 6.36. The predicted molar refractivity (Wildman–Crippen MR) is 116 cm³/mol. The summed E-state index contributed by atoms with van der Waals surface area (Å²) in [5.41, 5.74) is 2.52. The minimum atomic E-state index is -3.46. The highest BCUT2D eigenvalue weighted by molar-refractivity contribution is 7.89. The van der Waals surface area contributed by atoms with E-state index in [1.165, 1.54) is 0 Å². The highest BCUT2D eigenvalue weighted by Gasteiger charge is 2.45. The summed E-state index contributed by atoms with van der Waals surface area (Å²) in [5, 5.41) is 0. The first-order valence-electron chi connectivity index (χ1n) is 10.4. The van der Waals surface area contributed by atoms with Crippen LogP contribution < -0.4 is 4.90 Å². The molecule has 9 nitrogen and oxygen atoms in total. The standard InChI is InChI=1S/C21H26N6O3S/c1-15-4-3-5-18(8-15)31(28,29)27-11-16-9-26(10-17(16)12-27)21-19-20(22-13-23-21)25(14-24-19)6-7-30-2/h3-5,8,13-14,16-17H,6-7,9-12H2,1-2H3. The smallest absolute Gasteiger partial charge is 0.243 e. The van der Waals surface area contributed by atoms with Gasteiger partial charge in [-0.1, -0.05) is 12.1 Å². The number of hydrogen-bond donors (Lipinski definition) is 0. The number of anilines is 1. The van der Waals surface area contributed by atoms with Gasteiger partial charge >= 0.3 is 0 Å². The average molecular weight is 443 g/mol. The molecule has 2 saturated heterocycles. The second kappa shape index (κ2) is 7.85. The molecule has 2 aliphatic heterocycles. The van der Waals surface area contributed by atoms with Gasteiger partial charge in [-0.2, -0.15) is 4.31 Å². The summed E-state index contributed by atoms with van der Waals surface area (Å²) in [6.07, 6.45) is 3.35. The summed E-state index contributed by atoms with van der Waals surface area (Å²) in [6, 6.07) is 7.13. The quantitative estimate of drug-likeness (QED) is 0.572. The van der Waals surface area contributed by atoms with Gasteiger partial charge in [0.2, 0.25) is 10.0 Å². The van der Waals surface area contributed by atoms with Crippen LogP contribution in [0.5, 0.6) is 0 Å². The van der Waals surface area contributed by atoms with Crippen molar-refractivity contribution in [1.29, 1.82) is 0 Å². The Bertz CT molecular complexity index is 1200. The van der Waals surface area contributed by atoms with Crippen LogP contribution >= 0.6 is 0 Å². The van der Waals surface area contributed by atoms with Gasteiger partial charge < -0.3 is 14.2 Å².